The fourth-order valence-electron chi connectivity index (χ4n) is 2.97. The molecule has 1 aromatic rings. The van der Waals surface area contributed by atoms with Gasteiger partial charge < -0.3 is 9.80 Å². The first kappa shape index (κ1) is 13.6. The van der Waals surface area contributed by atoms with Crippen molar-refractivity contribution in [2.75, 3.05) is 24.5 Å². The maximum absolute atomic E-state index is 12.4. The minimum absolute atomic E-state index is 0.0365. The number of hydrogen-bond acceptors (Lipinski definition) is 2. The standard InChI is InChI=1S/C15H17BrN2O2/c16-12-5-1-2-6-13(12)18-10-11(9-14(18)19)15(20)17-7-3-4-8-17/h1-2,5-6,11H,3-4,7-10H2. The van der Waals surface area contributed by atoms with Gasteiger partial charge in [0, 0.05) is 30.5 Å². The second-order valence-corrected chi connectivity index (χ2v) is 6.24. The molecule has 106 valence electrons. The molecule has 0 bridgehead atoms. The molecule has 2 saturated heterocycles. The molecule has 0 saturated carbocycles. The quantitative estimate of drug-likeness (QED) is 0.832. The number of para-hydroxylation sites is 1. The molecule has 0 N–H and O–H groups in total. The Morgan fingerprint density at radius 1 is 1.20 bits per heavy atom. The lowest BCUT2D eigenvalue weighted by atomic mass is 10.1. The van der Waals surface area contributed by atoms with E-state index in [0.29, 0.717) is 13.0 Å². The summed E-state index contributed by atoms with van der Waals surface area (Å²) in [5.41, 5.74) is 0.856. The van der Waals surface area contributed by atoms with Crippen molar-refractivity contribution < 1.29 is 9.59 Å². The third kappa shape index (κ3) is 2.46. The van der Waals surface area contributed by atoms with E-state index in [1.807, 2.05) is 29.2 Å². The number of rotatable bonds is 2. The second-order valence-electron chi connectivity index (χ2n) is 5.39. The highest BCUT2D eigenvalue weighted by Gasteiger charge is 2.38. The molecule has 1 aromatic carbocycles. The number of likely N-dealkylation sites (tertiary alicyclic amines) is 1. The summed E-state index contributed by atoms with van der Waals surface area (Å²) >= 11 is 3.47. The van der Waals surface area contributed by atoms with Crippen LogP contribution in [0.25, 0.3) is 0 Å². The molecule has 20 heavy (non-hydrogen) atoms. The van der Waals surface area contributed by atoms with Crippen LogP contribution in [0.2, 0.25) is 0 Å². The van der Waals surface area contributed by atoms with Gasteiger partial charge in [0.15, 0.2) is 0 Å². The molecular weight excluding hydrogens is 320 g/mol. The number of carbonyl (C=O) groups is 2. The maximum atomic E-state index is 12.4. The highest BCUT2D eigenvalue weighted by molar-refractivity contribution is 9.10. The van der Waals surface area contributed by atoms with Crippen LogP contribution in [-0.4, -0.2) is 36.3 Å². The van der Waals surface area contributed by atoms with E-state index in [1.165, 1.54) is 0 Å². The summed E-state index contributed by atoms with van der Waals surface area (Å²) in [6, 6.07) is 7.65. The molecule has 0 aromatic heterocycles. The molecule has 2 aliphatic rings. The Kier molecular flexibility index (Phi) is 3.78. The van der Waals surface area contributed by atoms with Crippen LogP contribution in [-0.2, 0) is 9.59 Å². The zero-order chi connectivity index (χ0) is 14.1. The average molecular weight is 337 g/mol. The van der Waals surface area contributed by atoms with Crippen molar-refractivity contribution in [1.82, 2.24) is 4.90 Å². The van der Waals surface area contributed by atoms with E-state index in [1.54, 1.807) is 4.90 Å². The third-order valence-electron chi connectivity index (χ3n) is 4.04. The average Bonchev–Trinajstić information content (AvgIpc) is 3.08. The fourth-order valence-corrected chi connectivity index (χ4v) is 3.47. The van der Waals surface area contributed by atoms with Crippen molar-refractivity contribution in [2.45, 2.75) is 19.3 Å². The number of anilines is 1. The predicted octanol–water partition coefficient (Wildman–Crippen LogP) is 2.42. The minimum atomic E-state index is -0.187. The summed E-state index contributed by atoms with van der Waals surface area (Å²) in [7, 11) is 0. The Morgan fingerprint density at radius 3 is 2.60 bits per heavy atom. The summed E-state index contributed by atoms with van der Waals surface area (Å²) in [6.45, 7) is 2.19. The lowest BCUT2D eigenvalue weighted by molar-refractivity contribution is -0.134. The van der Waals surface area contributed by atoms with Crippen LogP contribution in [0.15, 0.2) is 28.7 Å². The van der Waals surface area contributed by atoms with Gasteiger partial charge >= 0.3 is 0 Å². The smallest absolute Gasteiger partial charge is 0.228 e. The third-order valence-corrected chi connectivity index (χ3v) is 4.71. The molecule has 0 aliphatic carbocycles. The van der Waals surface area contributed by atoms with E-state index in [0.717, 1.165) is 36.1 Å². The molecule has 2 fully saturated rings. The van der Waals surface area contributed by atoms with Gasteiger partial charge in [-0.15, -0.1) is 0 Å². The summed E-state index contributed by atoms with van der Waals surface area (Å²) in [6.07, 6.45) is 2.50. The van der Waals surface area contributed by atoms with Crippen LogP contribution >= 0.6 is 15.9 Å². The zero-order valence-electron chi connectivity index (χ0n) is 11.2. The van der Waals surface area contributed by atoms with E-state index in [-0.39, 0.29) is 17.7 Å². The van der Waals surface area contributed by atoms with Gasteiger partial charge in [0.25, 0.3) is 0 Å². The van der Waals surface area contributed by atoms with E-state index in [2.05, 4.69) is 15.9 Å². The highest BCUT2D eigenvalue weighted by Crippen LogP contribution is 2.32. The summed E-state index contributed by atoms with van der Waals surface area (Å²) in [5, 5.41) is 0. The monoisotopic (exact) mass is 336 g/mol. The Bertz CT molecular complexity index is 540. The molecule has 1 atom stereocenters. The minimum Gasteiger partial charge on any atom is -0.342 e. The Morgan fingerprint density at radius 2 is 1.90 bits per heavy atom. The lowest BCUT2D eigenvalue weighted by Crippen LogP contribution is -2.35. The number of halogens is 1. The van der Waals surface area contributed by atoms with Gasteiger partial charge in [-0.05, 0) is 40.9 Å². The van der Waals surface area contributed by atoms with Crippen molar-refractivity contribution in [1.29, 1.82) is 0 Å². The zero-order valence-corrected chi connectivity index (χ0v) is 12.8. The van der Waals surface area contributed by atoms with Crippen molar-refractivity contribution in [3.8, 4) is 0 Å². The first-order valence-corrected chi connectivity index (χ1v) is 7.80. The first-order chi connectivity index (χ1) is 9.66. The van der Waals surface area contributed by atoms with E-state index in [4.69, 9.17) is 0 Å². The number of carbonyl (C=O) groups excluding carboxylic acids is 2. The maximum Gasteiger partial charge on any atom is 0.228 e. The molecular formula is C15H17BrN2O2. The van der Waals surface area contributed by atoms with Gasteiger partial charge in [-0.1, -0.05) is 12.1 Å². The van der Waals surface area contributed by atoms with E-state index < -0.39 is 0 Å². The molecule has 2 heterocycles. The number of hydrogen-bond donors (Lipinski definition) is 0. The summed E-state index contributed by atoms with van der Waals surface area (Å²) < 4.78 is 0.891. The number of nitrogens with zero attached hydrogens (tertiary/aromatic N) is 2. The molecule has 5 heteroatoms. The summed E-state index contributed by atoms with van der Waals surface area (Å²) in [5.74, 6) is -0.00689. The number of benzene rings is 1. The highest BCUT2D eigenvalue weighted by atomic mass is 79.9. The molecule has 2 amide bonds. The molecule has 0 spiro atoms. The number of amides is 2. The largest absolute Gasteiger partial charge is 0.342 e. The van der Waals surface area contributed by atoms with Crippen LogP contribution < -0.4 is 4.90 Å². The Hall–Kier alpha value is -1.36. The fraction of sp³-hybridized carbons (Fsp3) is 0.467. The Labute approximate surface area is 126 Å². The van der Waals surface area contributed by atoms with Crippen LogP contribution in [0.5, 0.6) is 0 Å². The molecule has 0 radical (unpaired) electrons. The predicted molar refractivity (Wildman–Crippen MR) is 80.4 cm³/mol. The SMILES string of the molecule is O=C(C1CC(=O)N(c2ccccc2Br)C1)N1CCCC1. The van der Waals surface area contributed by atoms with Crippen LogP contribution in [0, 0.1) is 5.92 Å². The van der Waals surface area contributed by atoms with Crippen molar-refractivity contribution in [2.24, 2.45) is 5.92 Å². The van der Waals surface area contributed by atoms with Crippen molar-refractivity contribution in [3.63, 3.8) is 0 Å². The normalized spacial score (nSPS) is 22.6. The summed E-state index contributed by atoms with van der Waals surface area (Å²) in [4.78, 5) is 28.2. The first-order valence-electron chi connectivity index (χ1n) is 7.00. The van der Waals surface area contributed by atoms with E-state index >= 15 is 0 Å². The topological polar surface area (TPSA) is 40.6 Å². The molecule has 2 aliphatic heterocycles. The molecule has 1 unspecified atom stereocenters. The Balaban J connectivity index is 1.75. The second kappa shape index (κ2) is 5.56. The van der Waals surface area contributed by atoms with Crippen LogP contribution in [0.4, 0.5) is 5.69 Å². The van der Waals surface area contributed by atoms with Gasteiger partial charge in [0.1, 0.15) is 0 Å². The van der Waals surface area contributed by atoms with Crippen LogP contribution in [0.1, 0.15) is 19.3 Å². The molecule has 4 nitrogen and oxygen atoms in total. The van der Waals surface area contributed by atoms with Crippen molar-refractivity contribution >= 4 is 33.4 Å². The van der Waals surface area contributed by atoms with Gasteiger partial charge in [-0.25, -0.2) is 0 Å². The van der Waals surface area contributed by atoms with Crippen molar-refractivity contribution in [3.05, 3.63) is 28.7 Å². The van der Waals surface area contributed by atoms with Crippen LogP contribution in [0.3, 0.4) is 0 Å². The van der Waals surface area contributed by atoms with Gasteiger partial charge in [0.2, 0.25) is 11.8 Å². The molecule has 3 rings (SSSR count). The van der Waals surface area contributed by atoms with Gasteiger partial charge in [-0.3, -0.25) is 9.59 Å². The van der Waals surface area contributed by atoms with Gasteiger partial charge in [-0.2, -0.15) is 0 Å². The lowest BCUT2D eigenvalue weighted by Gasteiger charge is -2.21. The van der Waals surface area contributed by atoms with Gasteiger partial charge in [0.05, 0.1) is 11.6 Å². The van der Waals surface area contributed by atoms with E-state index in [9.17, 15) is 9.59 Å².